The third-order valence-electron chi connectivity index (χ3n) is 3.32. The van der Waals surface area contributed by atoms with Crippen molar-refractivity contribution in [2.45, 2.75) is 19.8 Å². The normalized spacial score (nSPS) is 19.0. The van der Waals surface area contributed by atoms with Crippen molar-refractivity contribution in [1.29, 1.82) is 0 Å². The van der Waals surface area contributed by atoms with Crippen LogP contribution in [-0.4, -0.2) is 34.3 Å². The van der Waals surface area contributed by atoms with Gasteiger partial charge >= 0.3 is 5.97 Å². The number of carboxylic acid groups (broad SMARTS) is 1. The van der Waals surface area contributed by atoms with Crippen molar-refractivity contribution in [1.82, 2.24) is 4.90 Å². The maximum atomic E-state index is 11.7. The molecular formula is C14H15NO4. The number of nitrogens with zero attached hydrogens (tertiary/aromatic N) is 1. The Morgan fingerprint density at radius 3 is 2.63 bits per heavy atom. The Kier molecular flexibility index (Phi) is 3.64. The van der Waals surface area contributed by atoms with Gasteiger partial charge in [-0.2, -0.15) is 0 Å². The molecular weight excluding hydrogens is 246 g/mol. The van der Waals surface area contributed by atoms with Gasteiger partial charge in [0.1, 0.15) is 0 Å². The summed E-state index contributed by atoms with van der Waals surface area (Å²) < 4.78 is 0. The van der Waals surface area contributed by atoms with Gasteiger partial charge in [-0.15, -0.1) is 0 Å². The van der Waals surface area contributed by atoms with Crippen LogP contribution < -0.4 is 0 Å². The molecule has 2 amide bonds. The van der Waals surface area contributed by atoms with Gasteiger partial charge in [0.2, 0.25) is 11.8 Å². The molecule has 1 aromatic carbocycles. The van der Waals surface area contributed by atoms with Gasteiger partial charge in [0, 0.05) is 18.9 Å². The Balaban J connectivity index is 2.09. The Morgan fingerprint density at radius 2 is 2.05 bits per heavy atom. The summed E-state index contributed by atoms with van der Waals surface area (Å²) in [6, 6.07) is 6.63. The monoisotopic (exact) mass is 261 g/mol. The van der Waals surface area contributed by atoms with Crippen molar-refractivity contribution in [3.05, 3.63) is 35.4 Å². The Bertz CT molecular complexity index is 538. The number of rotatable bonds is 4. The zero-order chi connectivity index (χ0) is 14.0. The lowest BCUT2D eigenvalue weighted by Gasteiger charge is -2.15. The van der Waals surface area contributed by atoms with Crippen LogP contribution in [-0.2, 0) is 16.0 Å². The van der Waals surface area contributed by atoms with Crippen LogP contribution in [0.5, 0.6) is 0 Å². The van der Waals surface area contributed by atoms with Crippen LogP contribution in [0.3, 0.4) is 0 Å². The van der Waals surface area contributed by atoms with Crippen molar-refractivity contribution < 1.29 is 19.5 Å². The summed E-state index contributed by atoms with van der Waals surface area (Å²) in [5.41, 5.74) is 0.852. The van der Waals surface area contributed by atoms with E-state index in [9.17, 15) is 14.4 Å². The van der Waals surface area contributed by atoms with Gasteiger partial charge in [-0.25, -0.2) is 4.79 Å². The van der Waals surface area contributed by atoms with Crippen LogP contribution in [0, 0.1) is 5.92 Å². The summed E-state index contributed by atoms with van der Waals surface area (Å²) in [5, 5.41) is 9.06. The molecule has 19 heavy (non-hydrogen) atoms. The third-order valence-corrected chi connectivity index (χ3v) is 3.32. The zero-order valence-corrected chi connectivity index (χ0v) is 10.6. The quantitative estimate of drug-likeness (QED) is 0.829. The number of amides is 2. The lowest BCUT2D eigenvalue weighted by atomic mass is 10.0. The van der Waals surface area contributed by atoms with Gasteiger partial charge in [0.15, 0.2) is 0 Å². The summed E-state index contributed by atoms with van der Waals surface area (Å²) in [6.07, 6.45) is 0.617. The molecule has 5 heteroatoms. The Hall–Kier alpha value is -2.17. The van der Waals surface area contributed by atoms with E-state index in [4.69, 9.17) is 5.11 Å². The second-order valence-corrected chi connectivity index (χ2v) is 4.70. The fourth-order valence-corrected chi connectivity index (χ4v) is 2.26. The van der Waals surface area contributed by atoms with Gasteiger partial charge in [0.25, 0.3) is 0 Å². The smallest absolute Gasteiger partial charge is 0.335 e. The number of hydrogen-bond donors (Lipinski definition) is 1. The first kappa shape index (κ1) is 13.3. The van der Waals surface area contributed by atoms with Gasteiger partial charge < -0.3 is 5.11 Å². The minimum Gasteiger partial charge on any atom is -0.478 e. The second-order valence-electron chi connectivity index (χ2n) is 4.70. The van der Waals surface area contributed by atoms with E-state index in [1.807, 2.05) is 0 Å². The standard InChI is InChI=1S/C14H15NO4/c1-9-8-12(16)15(13(9)17)7-6-10-4-2-3-5-11(10)14(18)19/h2-5,9H,6-8H2,1H3,(H,18,19). The Morgan fingerprint density at radius 1 is 1.37 bits per heavy atom. The summed E-state index contributed by atoms with van der Waals surface area (Å²) in [7, 11) is 0. The van der Waals surface area contributed by atoms with Gasteiger partial charge in [-0.05, 0) is 18.1 Å². The molecule has 1 aromatic rings. The summed E-state index contributed by atoms with van der Waals surface area (Å²) in [5.74, 6) is -1.60. The molecule has 100 valence electrons. The first-order valence-corrected chi connectivity index (χ1v) is 6.16. The van der Waals surface area contributed by atoms with Crippen LogP contribution in [0.4, 0.5) is 0 Å². The fourth-order valence-electron chi connectivity index (χ4n) is 2.26. The van der Waals surface area contributed by atoms with E-state index in [0.29, 0.717) is 12.0 Å². The van der Waals surface area contributed by atoms with Gasteiger partial charge in [-0.3, -0.25) is 14.5 Å². The highest BCUT2D eigenvalue weighted by atomic mass is 16.4. The highest BCUT2D eigenvalue weighted by Gasteiger charge is 2.35. The minimum absolute atomic E-state index is 0.169. The van der Waals surface area contributed by atoms with E-state index in [1.54, 1.807) is 25.1 Å². The molecule has 2 rings (SSSR count). The van der Waals surface area contributed by atoms with Crippen molar-refractivity contribution in [3.63, 3.8) is 0 Å². The van der Waals surface area contributed by atoms with Crippen LogP contribution in [0.1, 0.15) is 29.3 Å². The first-order chi connectivity index (χ1) is 9.00. The van der Waals surface area contributed by atoms with Crippen molar-refractivity contribution >= 4 is 17.8 Å². The minimum atomic E-state index is -0.997. The third kappa shape index (κ3) is 2.65. The summed E-state index contributed by atoms with van der Waals surface area (Å²) >= 11 is 0. The molecule has 0 radical (unpaired) electrons. The molecule has 0 aromatic heterocycles. The molecule has 0 aliphatic carbocycles. The predicted octanol–water partition coefficient (Wildman–Crippen LogP) is 1.32. The second kappa shape index (κ2) is 5.22. The SMILES string of the molecule is CC1CC(=O)N(CCc2ccccc2C(=O)O)C1=O. The molecule has 0 saturated carbocycles. The van der Waals surface area contributed by atoms with Gasteiger partial charge in [-0.1, -0.05) is 25.1 Å². The lowest BCUT2D eigenvalue weighted by Crippen LogP contribution is -2.32. The number of hydrogen-bond acceptors (Lipinski definition) is 3. The molecule has 1 aliphatic heterocycles. The Labute approximate surface area is 110 Å². The molecule has 5 nitrogen and oxygen atoms in total. The highest BCUT2D eigenvalue weighted by molar-refractivity contribution is 6.03. The first-order valence-electron chi connectivity index (χ1n) is 6.16. The van der Waals surface area contributed by atoms with Crippen LogP contribution >= 0.6 is 0 Å². The van der Waals surface area contributed by atoms with Crippen molar-refractivity contribution in [2.75, 3.05) is 6.54 Å². The maximum Gasteiger partial charge on any atom is 0.335 e. The molecule has 1 atom stereocenters. The van der Waals surface area contributed by atoms with E-state index in [0.717, 1.165) is 0 Å². The highest BCUT2D eigenvalue weighted by Crippen LogP contribution is 2.19. The van der Waals surface area contributed by atoms with E-state index in [-0.39, 0.29) is 36.3 Å². The number of carbonyl (C=O) groups is 3. The number of carbonyl (C=O) groups excluding carboxylic acids is 2. The molecule has 1 fully saturated rings. The zero-order valence-electron chi connectivity index (χ0n) is 10.6. The van der Waals surface area contributed by atoms with E-state index in [1.165, 1.54) is 11.0 Å². The maximum absolute atomic E-state index is 11.7. The number of benzene rings is 1. The fraction of sp³-hybridized carbons (Fsp3) is 0.357. The van der Waals surface area contributed by atoms with E-state index >= 15 is 0 Å². The largest absolute Gasteiger partial charge is 0.478 e. The lowest BCUT2D eigenvalue weighted by molar-refractivity contribution is -0.139. The van der Waals surface area contributed by atoms with Crippen LogP contribution in [0.25, 0.3) is 0 Å². The number of imide groups is 1. The molecule has 0 bridgehead atoms. The van der Waals surface area contributed by atoms with Crippen molar-refractivity contribution in [2.24, 2.45) is 5.92 Å². The molecule has 1 aliphatic rings. The van der Waals surface area contributed by atoms with Crippen LogP contribution in [0.15, 0.2) is 24.3 Å². The number of aromatic carboxylic acids is 1. The number of carboxylic acids is 1. The molecule has 1 saturated heterocycles. The van der Waals surface area contributed by atoms with Crippen LogP contribution in [0.2, 0.25) is 0 Å². The van der Waals surface area contributed by atoms with Gasteiger partial charge in [0.05, 0.1) is 5.56 Å². The topological polar surface area (TPSA) is 74.7 Å². The van der Waals surface area contributed by atoms with E-state index < -0.39 is 5.97 Å². The average molecular weight is 261 g/mol. The van der Waals surface area contributed by atoms with E-state index in [2.05, 4.69) is 0 Å². The molecule has 0 spiro atoms. The average Bonchev–Trinajstić information content (AvgIpc) is 2.61. The summed E-state index contributed by atoms with van der Waals surface area (Å²) in [6.45, 7) is 1.97. The summed E-state index contributed by atoms with van der Waals surface area (Å²) in [4.78, 5) is 35.6. The molecule has 1 heterocycles. The molecule has 1 unspecified atom stereocenters. The number of likely N-dealkylation sites (tertiary alicyclic amines) is 1. The molecule has 1 N–H and O–H groups in total. The predicted molar refractivity (Wildman–Crippen MR) is 67.6 cm³/mol. The van der Waals surface area contributed by atoms with Crippen molar-refractivity contribution in [3.8, 4) is 0 Å².